The fourth-order valence-corrected chi connectivity index (χ4v) is 4.96. The molecule has 2 fully saturated rings. The molecule has 0 radical (unpaired) electrons. The van der Waals surface area contributed by atoms with Gasteiger partial charge in [0.1, 0.15) is 0 Å². The number of benzene rings is 2. The number of nitro groups is 1. The van der Waals surface area contributed by atoms with Crippen LogP contribution >= 0.6 is 24.8 Å². The molecule has 1 aliphatic heterocycles. The highest BCUT2D eigenvalue weighted by Crippen LogP contribution is 2.41. The average Bonchev–Trinajstić information content (AvgIpc) is 2.79. The van der Waals surface area contributed by atoms with Gasteiger partial charge in [-0.25, -0.2) is 0 Å². The van der Waals surface area contributed by atoms with Crippen LogP contribution in [0.15, 0.2) is 48.5 Å². The summed E-state index contributed by atoms with van der Waals surface area (Å²) in [6.07, 6.45) is 5.09. The van der Waals surface area contributed by atoms with Gasteiger partial charge in [0.05, 0.1) is 10.5 Å². The monoisotopic (exact) mass is 481 g/mol. The largest absolute Gasteiger partial charge is 0.389 e. The minimum absolute atomic E-state index is 0. The molecule has 0 aromatic heterocycles. The summed E-state index contributed by atoms with van der Waals surface area (Å²) in [6, 6.07) is 15.0. The number of rotatable bonds is 6. The molecule has 32 heavy (non-hydrogen) atoms. The van der Waals surface area contributed by atoms with E-state index in [-0.39, 0.29) is 41.3 Å². The molecule has 2 aromatic rings. The van der Waals surface area contributed by atoms with Crippen molar-refractivity contribution < 1.29 is 10.0 Å². The van der Waals surface area contributed by atoms with Gasteiger partial charge in [-0.05, 0) is 29.5 Å². The first-order valence-electron chi connectivity index (χ1n) is 11.1. The SMILES string of the molecule is Cl.Cl.O=[N+]([O-])c1cccc(-c2ccc(C(CN3CCNCC3)C3(O)CCCCC3)cc2)c1. The number of nitrogens with zero attached hydrogens (tertiary/aromatic N) is 2. The highest BCUT2D eigenvalue weighted by molar-refractivity contribution is 5.85. The predicted molar refractivity (Wildman–Crippen MR) is 133 cm³/mol. The molecule has 0 amide bonds. The lowest BCUT2D eigenvalue weighted by Gasteiger charge is -2.42. The van der Waals surface area contributed by atoms with Crippen molar-refractivity contribution in [3.63, 3.8) is 0 Å². The summed E-state index contributed by atoms with van der Waals surface area (Å²) < 4.78 is 0. The smallest absolute Gasteiger partial charge is 0.270 e. The Labute approximate surface area is 202 Å². The number of non-ortho nitro benzene ring substituents is 1. The van der Waals surface area contributed by atoms with E-state index in [2.05, 4.69) is 22.3 Å². The van der Waals surface area contributed by atoms with Crippen LogP contribution in [0.4, 0.5) is 5.69 Å². The van der Waals surface area contributed by atoms with Gasteiger partial charge >= 0.3 is 0 Å². The van der Waals surface area contributed by atoms with Gasteiger partial charge in [-0.1, -0.05) is 55.7 Å². The Morgan fingerprint density at radius 2 is 1.66 bits per heavy atom. The Hall–Kier alpha value is -1.70. The Morgan fingerprint density at radius 3 is 2.28 bits per heavy atom. The summed E-state index contributed by atoms with van der Waals surface area (Å²) in [7, 11) is 0. The van der Waals surface area contributed by atoms with E-state index in [0.29, 0.717) is 0 Å². The minimum atomic E-state index is -0.657. The Morgan fingerprint density at radius 1 is 1.00 bits per heavy atom. The van der Waals surface area contributed by atoms with Crippen LogP contribution in [0.3, 0.4) is 0 Å². The van der Waals surface area contributed by atoms with Crippen molar-refractivity contribution in [3.8, 4) is 11.1 Å². The maximum Gasteiger partial charge on any atom is 0.270 e. The lowest BCUT2D eigenvalue weighted by atomic mass is 9.72. The summed E-state index contributed by atoms with van der Waals surface area (Å²) in [5, 5.41) is 26.1. The molecule has 176 valence electrons. The van der Waals surface area contributed by atoms with Crippen molar-refractivity contribution in [2.45, 2.75) is 43.6 Å². The molecule has 2 aliphatic rings. The molecule has 4 rings (SSSR count). The Bertz CT molecular complexity index is 867. The third kappa shape index (κ3) is 6.21. The third-order valence-electron chi connectivity index (χ3n) is 6.72. The first-order valence-corrected chi connectivity index (χ1v) is 11.1. The zero-order valence-corrected chi connectivity index (χ0v) is 19.9. The summed E-state index contributed by atoms with van der Waals surface area (Å²) in [5.41, 5.74) is 2.40. The number of nitro benzene ring substituents is 1. The molecule has 0 spiro atoms. The van der Waals surface area contributed by atoms with Crippen molar-refractivity contribution in [3.05, 3.63) is 64.2 Å². The molecule has 2 aromatic carbocycles. The van der Waals surface area contributed by atoms with Crippen LogP contribution in [0.25, 0.3) is 11.1 Å². The lowest BCUT2D eigenvalue weighted by Crippen LogP contribution is -2.49. The Balaban J connectivity index is 0.00000181. The topological polar surface area (TPSA) is 78.6 Å². The van der Waals surface area contributed by atoms with E-state index in [0.717, 1.165) is 75.1 Å². The summed E-state index contributed by atoms with van der Waals surface area (Å²) >= 11 is 0. The molecule has 1 atom stereocenters. The van der Waals surface area contributed by atoms with Gasteiger partial charge in [0, 0.05) is 50.8 Å². The second-order valence-electron chi connectivity index (χ2n) is 8.70. The minimum Gasteiger partial charge on any atom is -0.389 e. The summed E-state index contributed by atoms with van der Waals surface area (Å²) in [4.78, 5) is 13.2. The van der Waals surface area contributed by atoms with Crippen LogP contribution in [0.1, 0.15) is 43.6 Å². The van der Waals surface area contributed by atoms with Gasteiger partial charge < -0.3 is 15.3 Å². The van der Waals surface area contributed by atoms with Crippen LogP contribution < -0.4 is 5.32 Å². The van der Waals surface area contributed by atoms with E-state index in [1.54, 1.807) is 12.1 Å². The van der Waals surface area contributed by atoms with Crippen molar-refractivity contribution in [1.82, 2.24) is 10.2 Å². The zero-order chi connectivity index (χ0) is 21.0. The van der Waals surface area contributed by atoms with Crippen LogP contribution in [0, 0.1) is 10.1 Å². The number of hydrogen-bond acceptors (Lipinski definition) is 5. The molecule has 6 nitrogen and oxygen atoms in total. The van der Waals surface area contributed by atoms with Crippen LogP contribution in [-0.2, 0) is 0 Å². The third-order valence-corrected chi connectivity index (χ3v) is 6.72. The number of nitrogens with one attached hydrogen (secondary N) is 1. The molecule has 8 heteroatoms. The van der Waals surface area contributed by atoms with E-state index in [4.69, 9.17) is 0 Å². The van der Waals surface area contributed by atoms with Crippen LogP contribution in [0.5, 0.6) is 0 Å². The van der Waals surface area contributed by atoms with Gasteiger partial charge in [-0.15, -0.1) is 24.8 Å². The highest BCUT2D eigenvalue weighted by atomic mass is 35.5. The maximum absolute atomic E-state index is 11.6. The molecule has 0 bridgehead atoms. The van der Waals surface area contributed by atoms with Crippen molar-refractivity contribution in [2.75, 3.05) is 32.7 Å². The van der Waals surface area contributed by atoms with E-state index in [1.807, 2.05) is 18.2 Å². The van der Waals surface area contributed by atoms with Gasteiger partial charge in [0.15, 0.2) is 0 Å². The van der Waals surface area contributed by atoms with E-state index >= 15 is 0 Å². The van der Waals surface area contributed by atoms with Crippen LogP contribution in [0.2, 0.25) is 0 Å². The van der Waals surface area contributed by atoms with Crippen molar-refractivity contribution in [1.29, 1.82) is 0 Å². The van der Waals surface area contributed by atoms with Crippen molar-refractivity contribution >= 4 is 30.5 Å². The molecular weight excluding hydrogens is 449 g/mol. The number of piperazine rings is 1. The fourth-order valence-electron chi connectivity index (χ4n) is 4.96. The molecule has 2 N–H and O–H groups in total. The van der Waals surface area contributed by atoms with E-state index in [1.165, 1.54) is 12.5 Å². The standard InChI is InChI=1S/C24H31N3O3.2ClH/c28-24(11-2-1-3-12-24)23(18-26-15-13-25-14-16-26)20-9-7-19(8-10-20)21-5-4-6-22(17-21)27(29)30;;/h4-10,17,23,25,28H,1-3,11-16,18H2;2*1H. The second kappa shape index (κ2) is 12.0. The molecule has 1 aliphatic carbocycles. The zero-order valence-electron chi connectivity index (χ0n) is 18.2. The molecule has 1 saturated heterocycles. The number of aliphatic hydroxyl groups is 1. The van der Waals surface area contributed by atoms with Gasteiger partial charge in [-0.2, -0.15) is 0 Å². The van der Waals surface area contributed by atoms with Crippen molar-refractivity contribution in [2.24, 2.45) is 0 Å². The van der Waals surface area contributed by atoms with E-state index < -0.39 is 5.60 Å². The first kappa shape index (κ1) is 26.6. The maximum atomic E-state index is 11.6. The molecule has 1 heterocycles. The quantitative estimate of drug-likeness (QED) is 0.457. The van der Waals surface area contributed by atoms with Gasteiger partial charge in [0.25, 0.3) is 5.69 Å². The van der Waals surface area contributed by atoms with E-state index in [9.17, 15) is 15.2 Å². The molecular formula is C24H33Cl2N3O3. The number of hydrogen-bond donors (Lipinski definition) is 2. The molecule has 1 saturated carbocycles. The Kier molecular flexibility index (Phi) is 9.92. The second-order valence-corrected chi connectivity index (χ2v) is 8.70. The van der Waals surface area contributed by atoms with Gasteiger partial charge in [0.2, 0.25) is 0 Å². The summed E-state index contributed by atoms with van der Waals surface area (Å²) in [5.74, 6) is 0.0788. The lowest BCUT2D eigenvalue weighted by molar-refractivity contribution is -0.384. The highest BCUT2D eigenvalue weighted by Gasteiger charge is 2.39. The first-order chi connectivity index (χ1) is 14.5. The predicted octanol–water partition coefficient (Wildman–Crippen LogP) is 4.79. The molecule has 1 unspecified atom stereocenters. The average molecular weight is 482 g/mol. The van der Waals surface area contributed by atoms with Crippen LogP contribution in [-0.4, -0.2) is 53.3 Å². The number of halogens is 2. The normalized spacial score (nSPS) is 19.3. The fraction of sp³-hybridized carbons (Fsp3) is 0.500. The summed E-state index contributed by atoms with van der Waals surface area (Å²) in [6.45, 7) is 4.89. The van der Waals surface area contributed by atoms with Gasteiger partial charge in [-0.3, -0.25) is 10.1 Å².